The maximum atomic E-state index is 9.29. The van der Waals surface area contributed by atoms with Crippen LogP contribution < -0.4 is 5.73 Å². The van der Waals surface area contributed by atoms with E-state index < -0.39 is 0 Å². The summed E-state index contributed by atoms with van der Waals surface area (Å²) in [7, 11) is 0. The van der Waals surface area contributed by atoms with E-state index in [1.807, 2.05) is 6.92 Å². The van der Waals surface area contributed by atoms with E-state index in [0.29, 0.717) is 4.99 Å². The lowest BCUT2D eigenvalue weighted by Gasteiger charge is -2.33. The average molecular weight is 216 g/mol. The number of thiocarbonyl (C=S) groups is 1. The molecule has 0 amide bonds. The summed E-state index contributed by atoms with van der Waals surface area (Å²) in [6.07, 6.45) is 4.69. The minimum absolute atomic E-state index is 0.111. The zero-order valence-electron chi connectivity index (χ0n) is 8.78. The molecule has 14 heavy (non-hydrogen) atoms. The van der Waals surface area contributed by atoms with Gasteiger partial charge in [0.15, 0.2) is 0 Å². The van der Waals surface area contributed by atoms with Crippen molar-refractivity contribution in [3.63, 3.8) is 0 Å². The number of aliphatic hydroxyl groups is 1. The summed E-state index contributed by atoms with van der Waals surface area (Å²) in [5.74, 6) is 0. The SMILES string of the molecule is CC(C(N)=S)N1CCCCCC1CO. The molecule has 0 saturated carbocycles. The number of hydrogen-bond donors (Lipinski definition) is 2. The number of aliphatic hydroxyl groups excluding tert-OH is 1. The topological polar surface area (TPSA) is 49.5 Å². The van der Waals surface area contributed by atoms with Gasteiger partial charge >= 0.3 is 0 Å². The zero-order valence-corrected chi connectivity index (χ0v) is 9.59. The lowest BCUT2D eigenvalue weighted by Crippen LogP contribution is -2.48. The Morgan fingerprint density at radius 3 is 2.86 bits per heavy atom. The molecule has 0 aromatic carbocycles. The van der Waals surface area contributed by atoms with Crippen LogP contribution in [0.25, 0.3) is 0 Å². The fraction of sp³-hybridized carbons (Fsp3) is 0.900. The Morgan fingerprint density at radius 1 is 1.57 bits per heavy atom. The number of hydrogen-bond acceptors (Lipinski definition) is 3. The molecular formula is C10H20N2OS. The molecule has 0 aliphatic carbocycles. The summed E-state index contributed by atoms with van der Waals surface area (Å²) in [5.41, 5.74) is 5.64. The Kier molecular flexibility index (Phi) is 4.78. The van der Waals surface area contributed by atoms with Crippen LogP contribution in [-0.4, -0.2) is 40.2 Å². The van der Waals surface area contributed by atoms with Crippen molar-refractivity contribution in [2.24, 2.45) is 5.73 Å². The van der Waals surface area contributed by atoms with Gasteiger partial charge in [-0.2, -0.15) is 0 Å². The Labute approximate surface area is 91.3 Å². The summed E-state index contributed by atoms with van der Waals surface area (Å²) in [6.45, 7) is 3.24. The monoisotopic (exact) mass is 216 g/mol. The van der Waals surface area contributed by atoms with Crippen molar-refractivity contribution in [3.05, 3.63) is 0 Å². The molecule has 2 atom stereocenters. The molecular weight excluding hydrogens is 196 g/mol. The van der Waals surface area contributed by atoms with E-state index >= 15 is 0 Å². The smallest absolute Gasteiger partial charge is 0.0899 e. The second kappa shape index (κ2) is 5.63. The molecule has 3 nitrogen and oxygen atoms in total. The molecule has 1 rings (SSSR count). The van der Waals surface area contributed by atoms with Gasteiger partial charge in [-0.3, -0.25) is 4.90 Å². The Morgan fingerprint density at radius 2 is 2.29 bits per heavy atom. The number of nitrogens with zero attached hydrogens (tertiary/aromatic N) is 1. The van der Waals surface area contributed by atoms with Gasteiger partial charge in [0.1, 0.15) is 0 Å². The molecule has 3 N–H and O–H groups in total. The minimum Gasteiger partial charge on any atom is -0.395 e. The first-order valence-corrected chi connectivity index (χ1v) is 5.73. The summed E-state index contributed by atoms with van der Waals surface area (Å²) < 4.78 is 0. The van der Waals surface area contributed by atoms with Gasteiger partial charge in [0, 0.05) is 6.04 Å². The first-order valence-electron chi connectivity index (χ1n) is 5.32. The van der Waals surface area contributed by atoms with Crippen molar-refractivity contribution in [2.45, 2.75) is 44.7 Å². The van der Waals surface area contributed by atoms with E-state index in [2.05, 4.69) is 4.90 Å². The predicted octanol–water partition coefficient (Wildman–Crippen LogP) is 0.898. The zero-order chi connectivity index (χ0) is 10.6. The van der Waals surface area contributed by atoms with Crippen LogP contribution in [0, 0.1) is 0 Å². The summed E-state index contributed by atoms with van der Waals surface area (Å²) in [4.78, 5) is 2.78. The van der Waals surface area contributed by atoms with Crippen LogP contribution in [0.3, 0.4) is 0 Å². The van der Waals surface area contributed by atoms with Crippen LogP contribution in [0.5, 0.6) is 0 Å². The molecule has 1 aliphatic heterocycles. The Balaban J connectivity index is 2.64. The molecule has 1 heterocycles. The lowest BCUT2D eigenvalue weighted by atomic mass is 10.1. The van der Waals surface area contributed by atoms with Crippen molar-refractivity contribution in [3.8, 4) is 0 Å². The van der Waals surface area contributed by atoms with E-state index in [-0.39, 0.29) is 18.7 Å². The molecule has 0 aromatic heterocycles. The van der Waals surface area contributed by atoms with Gasteiger partial charge in [-0.25, -0.2) is 0 Å². The fourth-order valence-corrected chi connectivity index (χ4v) is 2.20. The standard InChI is InChI=1S/C10H20N2OS/c1-8(10(11)14)12-6-4-2-3-5-9(12)7-13/h8-9,13H,2-7H2,1H3,(H2,11,14). The highest BCUT2D eigenvalue weighted by atomic mass is 32.1. The van der Waals surface area contributed by atoms with Gasteiger partial charge < -0.3 is 10.8 Å². The van der Waals surface area contributed by atoms with E-state index in [1.165, 1.54) is 19.3 Å². The maximum Gasteiger partial charge on any atom is 0.0899 e. The predicted molar refractivity (Wildman–Crippen MR) is 62.3 cm³/mol. The van der Waals surface area contributed by atoms with Crippen LogP contribution in [-0.2, 0) is 0 Å². The minimum atomic E-state index is 0.111. The third-order valence-corrected chi connectivity index (χ3v) is 3.38. The molecule has 1 fully saturated rings. The molecule has 1 aliphatic rings. The second-order valence-corrected chi connectivity index (χ2v) is 4.47. The highest BCUT2D eigenvalue weighted by Crippen LogP contribution is 2.18. The highest BCUT2D eigenvalue weighted by Gasteiger charge is 2.25. The highest BCUT2D eigenvalue weighted by molar-refractivity contribution is 7.80. The van der Waals surface area contributed by atoms with Gasteiger partial charge in [-0.1, -0.05) is 25.1 Å². The molecule has 0 spiro atoms. The van der Waals surface area contributed by atoms with Crippen molar-refractivity contribution in [2.75, 3.05) is 13.2 Å². The van der Waals surface area contributed by atoms with Crippen LogP contribution in [0.4, 0.5) is 0 Å². The summed E-state index contributed by atoms with van der Waals surface area (Å²) >= 11 is 5.00. The quantitative estimate of drug-likeness (QED) is 0.688. The Bertz CT molecular complexity index is 199. The molecule has 4 heteroatoms. The molecule has 0 aromatic rings. The van der Waals surface area contributed by atoms with Crippen molar-refractivity contribution < 1.29 is 5.11 Å². The van der Waals surface area contributed by atoms with Crippen LogP contribution >= 0.6 is 12.2 Å². The first-order chi connectivity index (χ1) is 6.66. The number of nitrogens with two attached hydrogens (primary N) is 1. The molecule has 82 valence electrons. The summed E-state index contributed by atoms with van der Waals surface area (Å²) in [5, 5.41) is 9.29. The van der Waals surface area contributed by atoms with E-state index in [4.69, 9.17) is 18.0 Å². The van der Waals surface area contributed by atoms with Gasteiger partial charge in [-0.15, -0.1) is 0 Å². The van der Waals surface area contributed by atoms with Crippen molar-refractivity contribution in [1.82, 2.24) is 4.90 Å². The molecule has 0 radical (unpaired) electrons. The third kappa shape index (κ3) is 2.90. The average Bonchev–Trinajstić information content (AvgIpc) is 2.40. The molecule has 0 bridgehead atoms. The van der Waals surface area contributed by atoms with E-state index in [9.17, 15) is 5.11 Å². The van der Waals surface area contributed by atoms with Crippen LogP contribution in [0.2, 0.25) is 0 Å². The van der Waals surface area contributed by atoms with Crippen molar-refractivity contribution in [1.29, 1.82) is 0 Å². The van der Waals surface area contributed by atoms with Gasteiger partial charge in [0.25, 0.3) is 0 Å². The maximum absolute atomic E-state index is 9.29. The van der Waals surface area contributed by atoms with E-state index in [0.717, 1.165) is 13.0 Å². The van der Waals surface area contributed by atoms with E-state index in [1.54, 1.807) is 0 Å². The number of likely N-dealkylation sites (tertiary alicyclic amines) is 1. The van der Waals surface area contributed by atoms with Gasteiger partial charge in [0.05, 0.1) is 17.6 Å². The van der Waals surface area contributed by atoms with Crippen LogP contribution in [0.1, 0.15) is 32.6 Å². The fourth-order valence-electron chi connectivity index (χ4n) is 2.07. The van der Waals surface area contributed by atoms with Crippen molar-refractivity contribution >= 4 is 17.2 Å². The third-order valence-electron chi connectivity index (χ3n) is 3.04. The second-order valence-electron chi connectivity index (χ2n) is 4.00. The van der Waals surface area contributed by atoms with Crippen LogP contribution in [0.15, 0.2) is 0 Å². The lowest BCUT2D eigenvalue weighted by molar-refractivity contribution is 0.114. The normalized spacial score (nSPS) is 26.9. The number of rotatable bonds is 3. The Hall–Kier alpha value is -0.190. The summed E-state index contributed by atoms with van der Waals surface area (Å²) in [6, 6.07) is 0.356. The largest absolute Gasteiger partial charge is 0.395 e. The van der Waals surface area contributed by atoms with Gasteiger partial charge in [0.2, 0.25) is 0 Å². The van der Waals surface area contributed by atoms with Gasteiger partial charge in [-0.05, 0) is 26.3 Å². The molecule has 2 unspecified atom stereocenters. The molecule has 1 saturated heterocycles. The first kappa shape index (κ1) is 11.9.